The molecule has 2 amide bonds. The quantitative estimate of drug-likeness (QED) is 0.279. The first kappa shape index (κ1) is 24.9. The number of rotatable bonds is 8. The van der Waals surface area contributed by atoms with Crippen LogP contribution in [0.2, 0.25) is 0 Å². The number of carbonyl (C=O) groups is 2. The summed E-state index contributed by atoms with van der Waals surface area (Å²) in [5, 5.41) is 21.7. The molecule has 3 heterocycles. The Balaban J connectivity index is 1.40. The normalized spacial score (nSPS) is 18.7. The van der Waals surface area contributed by atoms with E-state index < -0.39 is 31.2 Å². The van der Waals surface area contributed by atoms with Crippen molar-refractivity contribution in [2.45, 2.75) is 18.4 Å². The number of ether oxygens (including phenoxy) is 1. The summed E-state index contributed by atoms with van der Waals surface area (Å²) in [5.41, 5.74) is 1.20. The average molecular weight is 520 g/mol. The first-order chi connectivity index (χ1) is 17.9. The van der Waals surface area contributed by atoms with Crippen LogP contribution in [0.3, 0.4) is 0 Å². The van der Waals surface area contributed by atoms with Gasteiger partial charge in [0.15, 0.2) is 0 Å². The van der Waals surface area contributed by atoms with E-state index >= 15 is 0 Å². The summed E-state index contributed by atoms with van der Waals surface area (Å²) >= 11 is 0. The van der Waals surface area contributed by atoms with Gasteiger partial charge in [-0.25, -0.2) is 0 Å². The Morgan fingerprint density at radius 2 is 1.81 bits per heavy atom. The van der Waals surface area contributed by atoms with Crippen LogP contribution in [0, 0.1) is 0 Å². The summed E-state index contributed by atoms with van der Waals surface area (Å²) < 4.78 is 6.66. The molecule has 0 saturated carbocycles. The fourth-order valence-electron chi connectivity index (χ4n) is 4.97. The van der Waals surface area contributed by atoms with Gasteiger partial charge < -0.3 is 0 Å². The number of nitrogens with zero attached hydrogens (tertiary/aromatic N) is 5. The average Bonchev–Trinajstić information content (AvgIpc) is 3.51. The molecule has 2 aliphatic rings. The molecule has 2 unspecified atom stereocenters. The van der Waals surface area contributed by atoms with Crippen LogP contribution in [-0.2, 0) is 9.53 Å². The number of carbonyl (C=O) groups excluding carboxylic acids is 2. The topological polar surface area (TPSA) is 101 Å². The molecule has 192 valence electrons. The third kappa shape index (κ3) is 4.80. The molecule has 2 bridgehead atoms. The molecule has 1 N–H and O–H groups in total. The summed E-state index contributed by atoms with van der Waals surface area (Å²) in [7, 11) is -0.839. The van der Waals surface area contributed by atoms with E-state index in [2.05, 4.69) is 77.4 Å². The molecular weight excluding hydrogens is 489 g/mol. The predicted octanol–water partition coefficient (Wildman–Crippen LogP) is 2.82. The molecule has 3 aromatic rings. The van der Waals surface area contributed by atoms with Gasteiger partial charge in [-0.3, -0.25) is 0 Å². The second-order valence-electron chi connectivity index (χ2n) is 9.47. The van der Waals surface area contributed by atoms with Gasteiger partial charge in [-0.2, -0.15) is 0 Å². The van der Waals surface area contributed by atoms with Crippen molar-refractivity contribution in [2.75, 3.05) is 26.9 Å². The third-order valence-corrected chi connectivity index (χ3v) is 11.1. The standard InChI is InChI=1S/C27H30N5O4P/c1-36-26(33)24(25-19-31(29-28-25)20-16-21-18-30(17-20)27(34)32(21)35)14-9-15-37(2,22-10-5-3-6-11-22)23-12-7-4-8-13-23/h3-13,15-16,19,21,24,35,37H,14,17-18H2,1-2H3/b15-9+. The van der Waals surface area contributed by atoms with Gasteiger partial charge in [0.2, 0.25) is 0 Å². The minimum absolute atomic E-state index is 0.302. The van der Waals surface area contributed by atoms with E-state index in [4.69, 9.17) is 4.74 Å². The van der Waals surface area contributed by atoms with Crippen molar-refractivity contribution in [3.63, 3.8) is 0 Å². The number of urea groups is 1. The van der Waals surface area contributed by atoms with Crippen LogP contribution >= 0.6 is 7.26 Å². The first-order valence-corrected chi connectivity index (χ1v) is 14.8. The molecule has 0 aliphatic carbocycles. The van der Waals surface area contributed by atoms with Gasteiger partial charge >= 0.3 is 216 Å². The number of fused-ring (bicyclic) bond motifs is 2. The number of methoxy groups -OCH3 is 1. The Morgan fingerprint density at radius 1 is 1.16 bits per heavy atom. The van der Waals surface area contributed by atoms with E-state index in [0.29, 0.717) is 30.9 Å². The molecule has 2 aliphatic heterocycles. The number of esters is 1. The van der Waals surface area contributed by atoms with Crippen molar-refractivity contribution in [1.29, 1.82) is 0 Å². The Kier molecular flexibility index (Phi) is 6.91. The van der Waals surface area contributed by atoms with Gasteiger partial charge in [0, 0.05) is 0 Å². The molecule has 10 heteroatoms. The molecule has 1 saturated heterocycles. The van der Waals surface area contributed by atoms with E-state index in [0.717, 1.165) is 5.06 Å². The maximum absolute atomic E-state index is 12.8. The molecule has 0 spiro atoms. The van der Waals surface area contributed by atoms with Crippen LogP contribution in [0.15, 0.2) is 84.8 Å². The van der Waals surface area contributed by atoms with Crippen LogP contribution < -0.4 is 10.6 Å². The van der Waals surface area contributed by atoms with Crippen LogP contribution in [0.1, 0.15) is 18.0 Å². The summed E-state index contributed by atoms with van der Waals surface area (Å²) in [6.45, 7) is 3.03. The van der Waals surface area contributed by atoms with Crippen molar-refractivity contribution >= 4 is 35.6 Å². The summed E-state index contributed by atoms with van der Waals surface area (Å²) in [6, 6.07) is 20.0. The molecule has 0 radical (unpaired) electrons. The molecule has 37 heavy (non-hydrogen) atoms. The second kappa shape index (κ2) is 10.3. The number of hydroxylamine groups is 2. The van der Waals surface area contributed by atoms with E-state index in [-0.39, 0.29) is 0 Å². The summed E-state index contributed by atoms with van der Waals surface area (Å²) in [5.74, 6) is 1.24. The number of amides is 2. The second-order valence-corrected chi connectivity index (χ2v) is 13.4. The van der Waals surface area contributed by atoms with Gasteiger partial charge in [0.1, 0.15) is 0 Å². The van der Waals surface area contributed by atoms with Crippen molar-refractivity contribution < 1.29 is 19.5 Å². The molecule has 1 aromatic heterocycles. The molecule has 9 nitrogen and oxygen atoms in total. The van der Waals surface area contributed by atoms with Gasteiger partial charge in [-0.1, -0.05) is 0 Å². The van der Waals surface area contributed by atoms with E-state index in [1.165, 1.54) is 17.7 Å². The van der Waals surface area contributed by atoms with Crippen LogP contribution in [0.5, 0.6) is 0 Å². The molecule has 2 atom stereocenters. The Morgan fingerprint density at radius 3 is 2.41 bits per heavy atom. The summed E-state index contributed by atoms with van der Waals surface area (Å²) in [6.07, 6.45) is 5.96. The van der Waals surface area contributed by atoms with Gasteiger partial charge in [-0.05, 0) is 0 Å². The van der Waals surface area contributed by atoms with Gasteiger partial charge in [-0.15, -0.1) is 0 Å². The zero-order valence-corrected chi connectivity index (χ0v) is 21.8. The van der Waals surface area contributed by atoms with E-state index in [1.807, 2.05) is 12.1 Å². The molecule has 2 aromatic carbocycles. The predicted molar refractivity (Wildman–Crippen MR) is 144 cm³/mol. The Labute approximate surface area is 215 Å². The summed E-state index contributed by atoms with van der Waals surface area (Å²) in [4.78, 5) is 26.4. The Hall–Kier alpha value is -3.81. The fourth-order valence-corrected chi connectivity index (χ4v) is 8.06. The van der Waals surface area contributed by atoms with Crippen molar-refractivity contribution in [3.05, 3.63) is 90.5 Å². The number of aromatic nitrogens is 3. The van der Waals surface area contributed by atoms with Crippen LogP contribution in [0.4, 0.5) is 4.79 Å². The fraction of sp³-hybridized carbons (Fsp3) is 0.259. The van der Waals surface area contributed by atoms with E-state index in [9.17, 15) is 14.8 Å². The zero-order chi connectivity index (χ0) is 26.0. The number of hydrogen-bond donors (Lipinski definition) is 1. The minimum atomic E-state index is -2.21. The van der Waals surface area contributed by atoms with Gasteiger partial charge in [0.25, 0.3) is 0 Å². The monoisotopic (exact) mass is 519 g/mol. The van der Waals surface area contributed by atoms with Gasteiger partial charge in [0.05, 0.1) is 0 Å². The number of benzene rings is 2. The van der Waals surface area contributed by atoms with Crippen molar-refractivity contribution in [3.8, 4) is 0 Å². The molecule has 5 rings (SSSR count). The number of allylic oxidation sites excluding steroid dienone is 1. The van der Waals surface area contributed by atoms with Crippen molar-refractivity contribution in [1.82, 2.24) is 25.0 Å². The first-order valence-electron chi connectivity index (χ1n) is 12.2. The zero-order valence-electron chi connectivity index (χ0n) is 20.8. The third-order valence-electron chi connectivity index (χ3n) is 7.14. The SMILES string of the molecule is COC(=O)C(C/C=C/[PH](C)(c1ccccc1)c1ccccc1)c1cn(C2=CC3CN(C2)C(=O)N3O)nn1. The number of hydrogen-bond acceptors (Lipinski definition) is 6. The maximum atomic E-state index is 12.8. The van der Waals surface area contributed by atoms with E-state index in [1.54, 1.807) is 21.9 Å². The van der Waals surface area contributed by atoms with Crippen LogP contribution in [-0.4, -0.2) is 75.1 Å². The molecule has 1 fully saturated rings. The molecular formula is C27H30N5O4P. The Bertz CT molecular complexity index is 1300. The van der Waals surface area contributed by atoms with Crippen LogP contribution in [0.25, 0.3) is 5.70 Å². The van der Waals surface area contributed by atoms with Crippen molar-refractivity contribution in [2.24, 2.45) is 0 Å².